The van der Waals surface area contributed by atoms with Gasteiger partial charge in [-0.05, 0) is 5.92 Å². The van der Waals surface area contributed by atoms with E-state index in [4.69, 9.17) is 0 Å². The van der Waals surface area contributed by atoms with Crippen molar-refractivity contribution in [2.45, 2.75) is 19.8 Å². The molecule has 0 bridgehead atoms. The molecule has 0 amide bonds. The van der Waals surface area contributed by atoms with E-state index >= 15 is 0 Å². The zero-order valence-corrected chi connectivity index (χ0v) is 7.61. The van der Waals surface area contributed by atoms with Crippen LogP contribution in [0.5, 0.6) is 0 Å². The van der Waals surface area contributed by atoms with Crippen LogP contribution in [0.1, 0.15) is 25.5 Å². The van der Waals surface area contributed by atoms with E-state index in [1.54, 1.807) is 16.8 Å². The Morgan fingerprint density at radius 1 is 1.54 bits per heavy atom. The van der Waals surface area contributed by atoms with Gasteiger partial charge in [-0.25, -0.2) is 4.98 Å². The van der Waals surface area contributed by atoms with E-state index in [0.717, 1.165) is 5.69 Å². The maximum Gasteiger partial charge on any atom is 0.291 e. The smallest absolute Gasteiger partial charge is 0.291 e. The zero-order chi connectivity index (χ0) is 9.42. The van der Waals surface area contributed by atoms with Crippen LogP contribution in [0.3, 0.4) is 0 Å². The summed E-state index contributed by atoms with van der Waals surface area (Å²) < 4.78 is 1.74. The van der Waals surface area contributed by atoms with E-state index in [9.17, 15) is 4.79 Å². The van der Waals surface area contributed by atoms with Gasteiger partial charge >= 0.3 is 0 Å². The first-order chi connectivity index (χ1) is 6.18. The van der Waals surface area contributed by atoms with E-state index < -0.39 is 0 Å². The van der Waals surface area contributed by atoms with Gasteiger partial charge < -0.3 is 9.38 Å². The molecule has 4 nitrogen and oxygen atoms in total. The summed E-state index contributed by atoms with van der Waals surface area (Å²) in [6, 6.07) is 0. The highest BCUT2D eigenvalue weighted by atomic mass is 16.1. The lowest BCUT2D eigenvalue weighted by Gasteiger charge is -2.04. The summed E-state index contributed by atoms with van der Waals surface area (Å²) in [4.78, 5) is 18.2. The van der Waals surface area contributed by atoms with Crippen LogP contribution in [-0.2, 0) is 0 Å². The first kappa shape index (κ1) is 8.04. The van der Waals surface area contributed by atoms with Crippen molar-refractivity contribution < 1.29 is 0 Å². The van der Waals surface area contributed by atoms with Crippen LogP contribution in [0.25, 0.3) is 5.65 Å². The molecule has 0 unspecified atom stereocenters. The minimum absolute atomic E-state index is 0.129. The number of aromatic nitrogens is 3. The molecule has 2 heterocycles. The summed E-state index contributed by atoms with van der Waals surface area (Å²) in [6.45, 7) is 4.07. The minimum atomic E-state index is -0.129. The van der Waals surface area contributed by atoms with Crippen LogP contribution in [0.4, 0.5) is 0 Å². The molecule has 0 atom stereocenters. The molecule has 0 aliphatic carbocycles. The molecule has 2 rings (SSSR count). The van der Waals surface area contributed by atoms with Gasteiger partial charge in [0, 0.05) is 24.3 Å². The van der Waals surface area contributed by atoms with Crippen molar-refractivity contribution >= 4 is 5.65 Å². The van der Waals surface area contributed by atoms with Gasteiger partial charge in [0.2, 0.25) is 5.65 Å². The summed E-state index contributed by atoms with van der Waals surface area (Å²) in [5, 5.41) is 0. The number of imidazole rings is 1. The van der Waals surface area contributed by atoms with E-state index in [2.05, 4.69) is 9.97 Å². The van der Waals surface area contributed by atoms with Crippen molar-refractivity contribution in [3.05, 3.63) is 34.6 Å². The van der Waals surface area contributed by atoms with Crippen molar-refractivity contribution in [3.63, 3.8) is 0 Å². The Bertz CT molecular complexity index is 481. The third-order valence-electron chi connectivity index (χ3n) is 2.03. The van der Waals surface area contributed by atoms with Gasteiger partial charge in [-0.15, -0.1) is 0 Å². The van der Waals surface area contributed by atoms with Crippen LogP contribution in [0.15, 0.2) is 23.4 Å². The van der Waals surface area contributed by atoms with Gasteiger partial charge in [0.1, 0.15) is 0 Å². The summed E-state index contributed by atoms with van der Waals surface area (Å²) >= 11 is 0. The highest BCUT2D eigenvalue weighted by Gasteiger charge is 2.04. The van der Waals surface area contributed by atoms with E-state index in [1.165, 1.54) is 0 Å². The number of hydrogen-bond donors (Lipinski definition) is 1. The molecular weight excluding hydrogens is 166 g/mol. The fourth-order valence-corrected chi connectivity index (χ4v) is 1.26. The second-order valence-corrected chi connectivity index (χ2v) is 3.35. The molecule has 0 aromatic carbocycles. The molecule has 2 aromatic rings. The normalized spacial score (nSPS) is 11.3. The number of H-pyrrole nitrogens is 1. The van der Waals surface area contributed by atoms with Crippen molar-refractivity contribution in [3.8, 4) is 0 Å². The van der Waals surface area contributed by atoms with Gasteiger partial charge in [-0.2, -0.15) is 0 Å². The lowest BCUT2D eigenvalue weighted by Crippen LogP contribution is -2.13. The summed E-state index contributed by atoms with van der Waals surface area (Å²) in [7, 11) is 0. The lowest BCUT2D eigenvalue weighted by atomic mass is 10.1. The quantitative estimate of drug-likeness (QED) is 0.710. The number of hydrogen-bond acceptors (Lipinski definition) is 2. The minimum Gasteiger partial charge on any atom is -0.321 e. The summed E-state index contributed by atoms with van der Waals surface area (Å²) in [5.41, 5.74) is 1.25. The van der Waals surface area contributed by atoms with Gasteiger partial charge in [0.05, 0.1) is 0 Å². The van der Waals surface area contributed by atoms with Crippen LogP contribution >= 0.6 is 0 Å². The number of rotatable bonds is 1. The molecule has 68 valence electrons. The number of fused-ring (bicyclic) bond motifs is 1. The van der Waals surface area contributed by atoms with Crippen molar-refractivity contribution in [2.75, 3.05) is 0 Å². The SMILES string of the molecule is CC(C)c1cn2ccnc2c(=O)[nH]1. The molecule has 0 radical (unpaired) electrons. The average molecular weight is 177 g/mol. The van der Waals surface area contributed by atoms with E-state index in [-0.39, 0.29) is 5.56 Å². The van der Waals surface area contributed by atoms with Crippen LogP contribution in [0, 0.1) is 0 Å². The lowest BCUT2D eigenvalue weighted by molar-refractivity contribution is 0.800. The molecule has 0 saturated heterocycles. The third kappa shape index (κ3) is 1.24. The maximum absolute atomic E-state index is 11.4. The predicted molar refractivity (Wildman–Crippen MR) is 49.9 cm³/mol. The number of nitrogens with one attached hydrogen (secondary N) is 1. The van der Waals surface area contributed by atoms with Gasteiger partial charge in [0.15, 0.2) is 0 Å². The Morgan fingerprint density at radius 3 is 3.00 bits per heavy atom. The van der Waals surface area contributed by atoms with Crippen LogP contribution < -0.4 is 5.56 Å². The molecule has 0 aliphatic heterocycles. The topological polar surface area (TPSA) is 50.2 Å². The fourth-order valence-electron chi connectivity index (χ4n) is 1.26. The van der Waals surface area contributed by atoms with E-state index in [1.807, 2.05) is 20.0 Å². The van der Waals surface area contributed by atoms with Gasteiger partial charge in [-0.1, -0.05) is 13.8 Å². The molecule has 13 heavy (non-hydrogen) atoms. The monoisotopic (exact) mass is 177 g/mol. The molecule has 0 fully saturated rings. The molecular formula is C9H11N3O. The van der Waals surface area contributed by atoms with Crippen LogP contribution in [0.2, 0.25) is 0 Å². The predicted octanol–water partition coefficient (Wildman–Crippen LogP) is 1.15. The first-order valence-electron chi connectivity index (χ1n) is 4.24. The molecule has 0 spiro atoms. The third-order valence-corrected chi connectivity index (χ3v) is 2.03. The Kier molecular flexibility index (Phi) is 1.69. The highest BCUT2D eigenvalue weighted by molar-refractivity contribution is 5.35. The number of aromatic amines is 1. The Morgan fingerprint density at radius 2 is 2.31 bits per heavy atom. The van der Waals surface area contributed by atoms with Crippen molar-refractivity contribution in [1.29, 1.82) is 0 Å². The Hall–Kier alpha value is -1.58. The standard InChI is InChI=1S/C9H11N3O/c1-6(2)7-5-12-4-3-10-8(12)9(13)11-7/h3-6H,1-2H3,(H,11,13). The fraction of sp³-hybridized carbons (Fsp3) is 0.333. The van der Waals surface area contributed by atoms with Crippen LogP contribution in [-0.4, -0.2) is 14.4 Å². The Balaban J connectivity index is 2.77. The van der Waals surface area contributed by atoms with Gasteiger partial charge in [0.25, 0.3) is 5.56 Å². The van der Waals surface area contributed by atoms with Crippen molar-refractivity contribution in [2.24, 2.45) is 0 Å². The van der Waals surface area contributed by atoms with Gasteiger partial charge in [-0.3, -0.25) is 4.79 Å². The Labute approximate surface area is 75.2 Å². The molecule has 4 heteroatoms. The second-order valence-electron chi connectivity index (χ2n) is 3.35. The molecule has 0 aliphatic rings. The first-order valence-corrected chi connectivity index (χ1v) is 4.24. The van der Waals surface area contributed by atoms with E-state index in [0.29, 0.717) is 11.6 Å². The second kappa shape index (κ2) is 2.73. The summed E-state index contributed by atoms with van der Waals surface area (Å²) in [6.07, 6.45) is 5.29. The maximum atomic E-state index is 11.4. The highest BCUT2D eigenvalue weighted by Crippen LogP contribution is 2.08. The molecule has 0 saturated carbocycles. The largest absolute Gasteiger partial charge is 0.321 e. The molecule has 2 aromatic heterocycles. The zero-order valence-electron chi connectivity index (χ0n) is 7.61. The average Bonchev–Trinajstić information content (AvgIpc) is 2.51. The molecule has 1 N–H and O–H groups in total. The number of nitrogens with zero attached hydrogens (tertiary/aromatic N) is 2. The summed E-state index contributed by atoms with van der Waals surface area (Å²) in [5.74, 6) is 0.319. The van der Waals surface area contributed by atoms with Crippen molar-refractivity contribution in [1.82, 2.24) is 14.4 Å².